The smallest absolute Gasteiger partial charge is 0.253 e. The zero-order valence-electron chi connectivity index (χ0n) is 5.75. The quantitative estimate of drug-likeness (QED) is 0.549. The van der Waals surface area contributed by atoms with Crippen molar-refractivity contribution in [1.82, 2.24) is 19.6 Å². The van der Waals surface area contributed by atoms with Crippen LogP contribution in [0.1, 0.15) is 0 Å². The van der Waals surface area contributed by atoms with E-state index in [2.05, 4.69) is 15.1 Å². The highest BCUT2D eigenvalue weighted by molar-refractivity contribution is 7.78. The second kappa shape index (κ2) is 2.61. The molecule has 0 aliphatic carbocycles. The fourth-order valence-corrected chi connectivity index (χ4v) is 1.10. The van der Waals surface area contributed by atoms with Crippen LogP contribution in [-0.4, -0.2) is 28.3 Å². The van der Waals surface area contributed by atoms with Crippen LogP contribution < -0.4 is 0 Å². The van der Waals surface area contributed by atoms with Gasteiger partial charge in [-0.05, 0) is 6.07 Å². The summed E-state index contributed by atoms with van der Waals surface area (Å²) in [5, 5.41) is 3.40. The van der Waals surface area contributed by atoms with E-state index in [0.717, 1.165) is 0 Å². The Morgan fingerprint density at radius 1 is 1.58 bits per heavy atom. The Balaban J connectivity index is 2.70. The van der Waals surface area contributed by atoms with Crippen molar-refractivity contribution in [3.05, 3.63) is 18.5 Å². The Hall–Kier alpha value is -1.34. The summed E-state index contributed by atoms with van der Waals surface area (Å²) in [6.07, 6.45) is 3.09. The predicted molar refractivity (Wildman–Crippen MR) is 38.0 cm³/mol. The van der Waals surface area contributed by atoms with Crippen molar-refractivity contribution in [2.24, 2.45) is 0 Å². The second-order valence-electron chi connectivity index (χ2n) is 1.99. The first-order valence-electron chi connectivity index (χ1n) is 3.04. The normalized spacial score (nSPS) is 13.4. The molecule has 0 N–H and O–H groups in total. The van der Waals surface area contributed by atoms with Crippen molar-refractivity contribution >= 4 is 16.9 Å². The molecule has 2 aromatic rings. The van der Waals surface area contributed by atoms with Crippen molar-refractivity contribution in [2.45, 2.75) is 5.16 Å². The molecule has 0 fully saturated rings. The first-order valence-corrected chi connectivity index (χ1v) is 4.11. The summed E-state index contributed by atoms with van der Waals surface area (Å²) in [4.78, 5) is 7.44. The summed E-state index contributed by atoms with van der Waals surface area (Å²) in [7, 11) is 0. The van der Waals surface area contributed by atoms with Gasteiger partial charge in [-0.25, -0.2) is 9.50 Å². The molecule has 2 heterocycles. The topological polar surface area (TPSA) is 83.2 Å². The van der Waals surface area contributed by atoms with E-state index in [1.165, 1.54) is 10.7 Å². The first-order chi connectivity index (χ1) is 5.77. The maximum Gasteiger partial charge on any atom is 0.253 e. The van der Waals surface area contributed by atoms with Crippen molar-refractivity contribution in [3.63, 3.8) is 0 Å². The molecule has 2 rings (SSSR count). The Bertz CT molecular complexity index is 407. The maximum absolute atomic E-state index is 10.4. The monoisotopic (exact) mass is 183 g/mol. The van der Waals surface area contributed by atoms with Crippen molar-refractivity contribution in [2.75, 3.05) is 0 Å². The summed E-state index contributed by atoms with van der Waals surface area (Å²) in [5.74, 6) is 0.275. The van der Waals surface area contributed by atoms with E-state index in [9.17, 15) is 8.76 Å². The molecule has 0 saturated heterocycles. The lowest BCUT2D eigenvalue weighted by Crippen LogP contribution is -1.92. The molecule has 1 atom stereocenters. The molecule has 0 aromatic carbocycles. The van der Waals surface area contributed by atoms with Crippen LogP contribution in [0.3, 0.4) is 0 Å². The number of rotatable bonds is 1. The molecule has 0 bridgehead atoms. The average Bonchev–Trinajstić information content (AvgIpc) is 2.46. The molecule has 0 radical (unpaired) electrons. The number of hydrogen-bond acceptors (Lipinski definition) is 5. The van der Waals surface area contributed by atoms with Gasteiger partial charge < -0.3 is 4.55 Å². The summed E-state index contributed by atoms with van der Waals surface area (Å²) in [5.41, 5.74) is 0. The maximum atomic E-state index is 10.4. The van der Waals surface area contributed by atoms with E-state index in [0.29, 0.717) is 0 Å². The number of hydrogen-bond donors (Lipinski definition) is 0. The third kappa shape index (κ3) is 1.08. The zero-order valence-corrected chi connectivity index (χ0v) is 6.56. The van der Waals surface area contributed by atoms with Crippen LogP contribution in [0.2, 0.25) is 0 Å². The highest BCUT2D eigenvalue weighted by Crippen LogP contribution is 1.98. The molecular weight excluding hydrogens is 180 g/mol. The van der Waals surface area contributed by atoms with Gasteiger partial charge >= 0.3 is 0 Å². The van der Waals surface area contributed by atoms with Crippen LogP contribution in [-0.2, 0) is 11.1 Å². The minimum absolute atomic E-state index is 0.242. The van der Waals surface area contributed by atoms with E-state index in [1.54, 1.807) is 12.3 Å². The van der Waals surface area contributed by atoms with Gasteiger partial charge in [0.1, 0.15) is 0 Å². The van der Waals surface area contributed by atoms with E-state index >= 15 is 0 Å². The lowest BCUT2D eigenvalue weighted by molar-refractivity contribution is 0.528. The summed E-state index contributed by atoms with van der Waals surface area (Å²) in [6.45, 7) is 0. The Kier molecular flexibility index (Phi) is 1.59. The van der Waals surface area contributed by atoms with Gasteiger partial charge in [0.2, 0.25) is 5.16 Å². The SMILES string of the molecule is O=S([O-])c1nc2ncccn2n1. The third-order valence-corrected chi connectivity index (χ3v) is 1.72. The molecular formula is C5H3N4O2S-. The highest BCUT2D eigenvalue weighted by atomic mass is 32.2. The molecule has 1 unspecified atom stereocenters. The van der Waals surface area contributed by atoms with Crippen LogP contribution >= 0.6 is 0 Å². The van der Waals surface area contributed by atoms with Gasteiger partial charge in [-0.2, -0.15) is 4.98 Å². The van der Waals surface area contributed by atoms with Crippen LogP contribution in [0, 0.1) is 0 Å². The lowest BCUT2D eigenvalue weighted by atomic mass is 10.7. The molecule has 12 heavy (non-hydrogen) atoms. The minimum Gasteiger partial charge on any atom is -0.766 e. The van der Waals surface area contributed by atoms with Crippen molar-refractivity contribution in [3.8, 4) is 0 Å². The Morgan fingerprint density at radius 3 is 3.08 bits per heavy atom. The zero-order chi connectivity index (χ0) is 8.55. The largest absolute Gasteiger partial charge is 0.766 e. The molecule has 7 heteroatoms. The molecule has 6 nitrogen and oxygen atoms in total. The van der Waals surface area contributed by atoms with Crippen molar-refractivity contribution < 1.29 is 8.76 Å². The Labute approximate surface area is 69.6 Å². The molecule has 0 aliphatic rings. The van der Waals surface area contributed by atoms with Gasteiger partial charge in [-0.15, -0.1) is 5.10 Å². The van der Waals surface area contributed by atoms with Gasteiger partial charge in [-0.1, -0.05) is 0 Å². The van der Waals surface area contributed by atoms with E-state index in [-0.39, 0.29) is 10.9 Å². The fourth-order valence-electron chi connectivity index (χ4n) is 0.784. The van der Waals surface area contributed by atoms with E-state index < -0.39 is 11.1 Å². The van der Waals surface area contributed by atoms with E-state index in [4.69, 9.17) is 0 Å². The van der Waals surface area contributed by atoms with Gasteiger partial charge in [-0.3, -0.25) is 4.21 Å². The number of fused-ring (bicyclic) bond motifs is 1. The second-order valence-corrected chi connectivity index (χ2v) is 2.83. The predicted octanol–water partition coefficient (Wildman–Crippen LogP) is -0.638. The summed E-state index contributed by atoms with van der Waals surface area (Å²) >= 11 is -2.39. The van der Waals surface area contributed by atoms with Crippen LogP contribution in [0.25, 0.3) is 5.78 Å². The van der Waals surface area contributed by atoms with Gasteiger partial charge in [0, 0.05) is 23.5 Å². The van der Waals surface area contributed by atoms with Gasteiger partial charge in [0.25, 0.3) is 5.78 Å². The lowest BCUT2D eigenvalue weighted by Gasteiger charge is -1.93. The third-order valence-electron chi connectivity index (χ3n) is 1.25. The summed E-state index contributed by atoms with van der Waals surface area (Å²) < 4.78 is 22.1. The van der Waals surface area contributed by atoms with Crippen LogP contribution in [0.5, 0.6) is 0 Å². The molecule has 62 valence electrons. The Morgan fingerprint density at radius 2 is 2.42 bits per heavy atom. The van der Waals surface area contributed by atoms with Gasteiger partial charge in [0.05, 0.1) is 0 Å². The molecule has 0 saturated carbocycles. The summed E-state index contributed by atoms with van der Waals surface area (Å²) in [6, 6.07) is 1.64. The van der Waals surface area contributed by atoms with E-state index in [1.807, 2.05) is 0 Å². The number of nitrogens with zero attached hydrogens (tertiary/aromatic N) is 4. The number of aromatic nitrogens is 4. The highest BCUT2D eigenvalue weighted by Gasteiger charge is 2.02. The molecule has 0 amide bonds. The van der Waals surface area contributed by atoms with Crippen LogP contribution in [0.4, 0.5) is 0 Å². The standard InChI is InChI=1S/C5H4N4O2S/c10-12(11)5-7-4-6-2-1-3-9(4)8-5/h1-3H,(H,10,11)/p-1. The van der Waals surface area contributed by atoms with Crippen molar-refractivity contribution in [1.29, 1.82) is 0 Å². The fraction of sp³-hybridized carbons (Fsp3) is 0. The minimum atomic E-state index is -2.39. The average molecular weight is 183 g/mol. The van der Waals surface area contributed by atoms with Gasteiger partial charge in [0.15, 0.2) is 0 Å². The molecule has 0 spiro atoms. The first kappa shape index (κ1) is 7.32. The van der Waals surface area contributed by atoms with Crippen LogP contribution in [0.15, 0.2) is 23.6 Å². The molecule has 2 aromatic heterocycles. The molecule has 0 aliphatic heterocycles.